The van der Waals surface area contributed by atoms with Gasteiger partial charge in [-0.2, -0.15) is 4.57 Å². The van der Waals surface area contributed by atoms with E-state index in [1.165, 1.54) is 107 Å². The third kappa shape index (κ3) is 7.56. The number of hydrogen-bond acceptors (Lipinski definition) is 0. The van der Waals surface area contributed by atoms with Gasteiger partial charge in [0.2, 0.25) is 11.4 Å². The van der Waals surface area contributed by atoms with Crippen LogP contribution >= 0.6 is 0 Å². The molecule has 64 heavy (non-hydrogen) atoms. The van der Waals surface area contributed by atoms with E-state index in [0.29, 0.717) is 6.04 Å². The molecule has 2 heteroatoms. The molecule has 1 aliphatic heterocycles. The Hall–Kier alpha value is -6.90. The topological polar surface area (TPSA) is 7.76 Å². The van der Waals surface area contributed by atoms with Crippen molar-refractivity contribution >= 4 is 10.8 Å². The maximum Gasteiger partial charge on any atom is 0.213 e. The molecule has 0 fully saturated rings. The Morgan fingerprint density at radius 1 is 0.500 bits per heavy atom. The van der Waals surface area contributed by atoms with Crippen molar-refractivity contribution in [2.45, 2.75) is 70.8 Å². The molecule has 0 N–H and O–H groups in total. The van der Waals surface area contributed by atoms with E-state index in [-0.39, 0.29) is 5.41 Å². The van der Waals surface area contributed by atoms with Gasteiger partial charge < -0.3 is 0 Å². The van der Waals surface area contributed by atoms with Crippen LogP contribution in [0.2, 0.25) is 0 Å². The number of benzene rings is 7. The molecule has 2 unspecified atom stereocenters. The summed E-state index contributed by atoms with van der Waals surface area (Å²) in [5.41, 5.74) is 19.2. The highest BCUT2D eigenvalue weighted by Crippen LogP contribution is 2.49. The van der Waals surface area contributed by atoms with Crippen LogP contribution in [-0.4, -0.2) is 0 Å². The highest BCUT2D eigenvalue weighted by molar-refractivity contribution is 5.98. The zero-order valence-corrected chi connectivity index (χ0v) is 37.8. The molecular weight excluding hydrogens is 773 g/mol. The summed E-state index contributed by atoms with van der Waals surface area (Å²) in [4.78, 5) is 0. The number of rotatable bonds is 12. The number of nitrogens with zero attached hydrogens (tertiary/aromatic N) is 2. The predicted octanol–water partition coefficient (Wildman–Crippen LogP) is 15.2. The third-order valence-electron chi connectivity index (χ3n) is 14.2. The van der Waals surface area contributed by atoms with E-state index in [4.69, 9.17) is 0 Å². The monoisotopic (exact) mass is 830 g/mol. The van der Waals surface area contributed by atoms with Crippen molar-refractivity contribution in [2.24, 2.45) is 7.05 Å². The predicted molar refractivity (Wildman–Crippen MR) is 268 cm³/mol. The van der Waals surface area contributed by atoms with Crippen LogP contribution in [0, 0.1) is 0 Å². The number of unbranched alkanes of at least 4 members (excludes halogenated alkanes) is 1. The third-order valence-corrected chi connectivity index (χ3v) is 14.2. The standard InChI is InChI=1S/C62H58N2/c1-5-8-20-44-32-35-60-56-28-14-15-30-58(56)62(7-3,61(6-2)64(60)43-44)42-50-34-33-49(41-57(50)59-31-16-17-36-63(59)4)47-25-18-26-48(37-47)52-38-51(45-21-10-9-11-22-45)39-53(40-52)55-29-19-24-46-23-12-13-27-54(46)55/h9-19,21-41,43,61H,5-8,20,42H2,1-4H3/q+2. The molecule has 2 nitrogen and oxygen atoms in total. The smallest absolute Gasteiger partial charge is 0.201 e. The van der Waals surface area contributed by atoms with Gasteiger partial charge in [-0.1, -0.05) is 149 Å². The SMILES string of the molecule is CCCCc1ccc2[n+](c1)C(CC)C(CC)(Cc1ccc(-c3cccc(-c4cc(-c5ccccc5)cc(-c5cccc6ccccc56)c4)c3)cc1-c1cccc[n+]1C)c1ccccc1-2. The van der Waals surface area contributed by atoms with E-state index in [0.717, 1.165) is 25.7 Å². The molecule has 0 radical (unpaired) electrons. The van der Waals surface area contributed by atoms with Gasteiger partial charge in [0, 0.05) is 35.7 Å². The van der Waals surface area contributed by atoms with E-state index in [2.05, 4.69) is 237 Å². The molecule has 10 rings (SSSR count). The molecule has 3 heterocycles. The summed E-state index contributed by atoms with van der Waals surface area (Å²) in [7, 11) is 2.18. The molecule has 0 aliphatic carbocycles. The largest absolute Gasteiger partial charge is 0.213 e. The van der Waals surface area contributed by atoms with Gasteiger partial charge in [-0.25, -0.2) is 4.57 Å². The minimum Gasteiger partial charge on any atom is -0.201 e. The summed E-state index contributed by atoms with van der Waals surface area (Å²) < 4.78 is 4.95. The van der Waals surface area contributed by atoms with Crippen LogP contribution in [0.1, 0.15) is 69.2 Å². The minimum atomic E-state index is -0.0958. The van der Waals surface area contributed by atoms with Crippen molar-refractivity contribution in [3.8, 4) is 67.0 Å². The van der Waals surface area contributed by atoms with Gasteiger partial charge in [-0.05, 0) is 141 Å². The molecule has 9 aromatic rings. The second-order valence-corrected chi connectivity index (χ2v) is 17.9. The lowest BCUT2D eigenvalue weighted by Gasteiger charge is -2.42. The molecule has 0 saturated heterocycles. The van der Waals surface area contributed by atoms with Crippen molar-refractivity contribution in [3.63, 3.8) is 0 Å². The van der Waals surface area contributed by atoms with Gasteiger partial charge in [-0.15, -0.1) is 0 Å². The number of fused-ring (bicyclic) bond motifs is 4. The lowest BCUT2D eigenvalue weighted by Crippen LogP contribution is -2.56. The highest BCUT2D eigenvalue weighted by Gasteiger charge is 2.50. The first-order chi connectivity index (χ1) is 31.5. The van der Waals surface area contributed by atoms with Gasteiger partial charge in [-0.3, -0.25) is 0 Å². The first-order valence-corrected chi connectivity index (χ1v) is 23.5. The van der Waals surface area contributed by atoms with Crippen molar-refractivity contribution in [1.82, 2.24) is 0 Å². The van der Waals surface area contributed by atoms with Crippen LogP contribution in [0.5, 0.6) is 0 Å². The average molecular weight is 831 g/mol. The fraction of sp³-hybridized carbons (Fsp3) is 0.194. The van der Waals surface area contributed by atoms with E-state index < -0.39 is 0 Å². The Morgan fingerprint density at radius 2 is 1.16 bits per heavy atom. The first kappa shape index (κ1) is 41.1. The summed E-state index contributed by atoms with van der Waals surface area (Å²) in [6, 6.07) is 70.7. The zero-order valence-electron chi connectivity index (χ0n) is 37.8. The van der Waals surface area contributed by atoms with E-state index in [9.17, 15) is 0 Å². The fourth-order valence-corrected chi connectivity index (χ4v) is 10.9. The first-order valence-electron chi connectivity index (χ1n) is 23.5. The molecule has 314 valence electrons. The number of pyridine rings is 2. The lowest BCUT2D eigenvalue weighted by atomic mass is 9.63. The molecule has 0 saturated carbocycles. The highest BCUT2D eigenvalue weighted by atomic mass is 15.0. The Balaban J connectivity index is 1.09. The number of aromatic nitrogens is 2. The van der Waals surface area contributed by atoms with Crippen LogP contribution in [-0.2, 0) is 25.3 Å². The van der Waals surface area contributed by atoms with Crippen molar-refractivity contribution < 1.29 is 9.13 Å². The van der Waals surface area contributed by atoms with Crippen LogP contribution in [0.25, 0.3) is 77.8 Å². The maximum atomic E-state index is 2.66. The van der Waals surface area contributed by atoms with Crippen LogP contribution in [0.3, 0.4) is 0 Å². The van der Waals surface area contributed by atoms with Crippen LogP contribution in [0.4, 0.5) is 0 Å². The van der Waals surface area contributed by atoms with Crippen LogP contribution in [0.15, 0.2) is 200 Å². The Kier molecular flexibility index (Phi) is 11.4. The summed E-state index contributed by atoms with van der Waals surface area (Å²) in [6.45, 7) is 7.11. The molecule has 0 bridgehead atoms. The number of aryl methyl sites for hydroxylation is 2. The molecule has 2 atom stereocenters. The molecule has 1 aliphatic rings. The van der Waals surface area contributed by atoms with Gasteiger partial charge in [0.25, 0.3) is 0 Å². The Labute approximate surface area is 380 Å². The van der Waals surface area contributed by atoms with Gasteiger partial charge in [0.15, 0.2) is 18.4 Å². The minimum absolute atomic E-state index is 0.0958. The van der Waals surface area contributed by atoms with Gasteiger partial charge in [0.05, 0.1) is 11.0 Å². The summed E-state index contributed by atoms with van der Waals surface area (Å²) >= 11 is 0. The van der Waals surface area contributed by atoms with Crippen LogP contribution < -0.4 is 9.13 Å². The Morgan fingerprint density at radius 3 is 1.97 bits per heavy atom. The molecule has 0 amide bonds. The van der Waals surface area contributed by atoms with Gasteiger partial charge >= 0.3 is 0 Å². The number of hydrogen-bond donors (Lipinski definition) is 0. The second kappa shape index (κ2) is 17.7. The zero-order chi connectivity index (χ0) is 43.6. The second-order valence-electron chi connectivity index (χ2n) is 17.9. The van der Waals surface area contributed by atoms with Crippen molar-refractivity contribution in [3.05, 3.63) is 217 Å². The summed E-state index contributed by atoms with van der Waals surface area (Å²) in [6.07, 6.45) is 11.3. The molecule has 0 spiro atoms. The summed E-state index contributed by atoms with van der Waals surface area (Å²) in [5, 5.41) is 2.52. The molecule has 2 aromatic heterocycles. The van der Waals surface area contributed by atoms with E-state index >= 15 is 0 Å². The summed E-state index contributed by atoms with van der Waals surface area (Å²) in [5.74, 6) is 0. The van der Waals surface area contributed by atoms with Gasteiger partial charge in [0.1, 0.15) is 7.05 Å². The lowest BCUT2D eigenvalue weighted by molar-refractivity contribution is -0.725. The van der Waals surface area contributed by atoms with E-state index in [1.807, 2.05) is 0 Å². The fourth-order valence-electron chi connectivity index (χ4n) is 10.9. The molecule has 7 aromatic carbocycles. The Bertz CT molecular complexity index is 3120. The maximum absolute atomic E-state index is 2.66. The van der Waals surface area contributed by atoms with Crippen molar-refractivity contribution in [1.29, 1.82) is 0 Å². The molecular formula is C62H58N2+2. The quantitative estimate of drug-likeness (QED) is 0.108. The normalized spacial score (nSPS) is 15.5. The van der Waals surface area contributed by atoms with Crippen molar-refractivity contribution in [2.75, 3.05) is 0 Å². The average Bonchev–Trinajstić information content (AvgIpc) is 3.36. The van der Waals surface area contributed by atoms with E-state index in [1.54, 1.807) is 0 Å².